The maximum absolute atomic E-state index is 6.38. The SMILES string of the molecule is C1CCC(C2CCC3C(C2)OC2NCCCC23)CC1. The third kappa shape index (κ3) is 2.35. The molecular formula is C17H29NO. The highest BCUT2D eigenvalue weighted by atomic mass is 16.5. The molecule has 0 spiro atoms. The summed E-state index contributed by atoms with van der Waals surface area (Å²) in [5.74, 6) is 3.75. The molecule has 2 aliphatic carbocycles. The van der Waals surface area contributed by atoms with Gasteiger partial charge in [0.1, 0.15) is 6.23 Å². The summed E-state index contributed by atoms with van der Waals surface area (Å²) in [4.78, 5) is 0. The van der Waals surface area contributed by atoms with Gasteiger partial charge in [0.05, 0.1) is 6.10 Å². The van der Waals surface area contributed by atoms with E-state index in [9.17, 15) is 0 Å². The number of rotatable bonds is 1. The Morgan fingerprint density at radius 3 is 2.53 bits per heavy atom. The largest absolute Gasteiger partial charge is 0.360 e. The Balaban J connectivity index is 1.40. The summed E-state index contributed by atoms with van der Waals surface area (Å²) in [7, 11) is 0. The molecule has 5 atom stereocenters. The van der Waals surface area contributed by atoms with Crippen molar-refractivity contribution in [2.24, 2.45) is 23.7 Å². The highest BCUT2D eigenvalue weighted by Gasteiger charge is 2.48. The Labute approximate surface area is 117 Å². The van der Waals surface area contributed by atoms with Crippen LogP contribution in [0.3, 0.4) is 0 Å². The van der Waals surface area contributed by atoms with Crippen LogP contribution in [0.4, 0.5) is 0 Å². The van der Waals surface area contributed by atoms with Crippen molar-refractivity contribution in [2.45, 2.75) is 76.5 Å². The smallest absolute Gasteiger partial charge is 0.111 e. The van der Waals surface area contributed by atoms with Gasteiger partial charge in [-0.05, 0) is 56.4 Å². The van der Waals surface area contributed by atoms with Gasteiger partial charge in [-0.25, -0.2) is 0 Å². The summed E-state index contributed by atoms with van der Waals surface area (Å²) in [5, 5.41) is 3.61. The van der Waals surface area contributed by atoms with Crippen LogP contribution < -0.4 is 5.32 Å². The molecule has 0 radical (unpaired) electrons. The van der Waals surface area contributed by atoms with Crippen molar-refractivity contribution in [1.29, 1.82) is 0 Å². The van der Waals surface area contributed by atoms with Gasteiger partial charge in [-0.3, -0.25) is 5.32 Å². The highest BCUT2D eigenvalue weighted by molar-refractivity contribution is 4.96. The van der Waals surface area contributed by atoms with Gasteiger partial charge in [-0.2, -0.15) is 0 Å². The number of hydrogen-bond acceptors (Lipinski definition) is 2. The molecule has 2 nitrogen and oxygen atoms in total. The van der Waals surface area contributed by atoms with Crippen LogP contribution in [0.15, 0.2) is 0 Å². The van der Waals surface area contributed by atoms with E-state index < -0.39 is 0 Å². The second kappa shape index (κ2) is 5.37. The fourth-order valence-corrected chi connectivity index (χ4v) is 5.52. The van der Waals surface area contributed by atoms with Crippen molar-refractivity contribution in [3.63, 3.8) is 0 Å². The summed E-state index contributed by atoms with van der Waals surface area (Å²) in [6, 6.07) is 0. The number of hydrogen-bond donors (Lipinski definition) is 1. The van der Waals surface area contributed by atoms with E-state index in [1.54, 1.807) is 0 Å². The van der Waals surface area contributed by atoms with Crippen molar-refractivity contribution >= 4 is 0 Å². The zero-order valence-corrected chi connectivity index (χ0v) is 12.2. The molecule has 0 amide bonds. The van der Waals surface area contributed by atoms with E-state index in [2.05, 4.69) is 5.32 Å². The van der Waals surface area contributed by atoms with Gasteiger partial charge in [0.15, 0.2) is 0 Å². The second-order valence-corrected chi connectivity index (χ2v) is 7.49. The summed E-state index contributed by atoms with van der Waals surface area (Å²) in [6.07, 6.45) is 15.6. The van der Waals surface area contributed by atoms with Crippen molar-refractivity contribution in [1.82, 2.24) is 5.32 Å². The number of nitrogens with one attached hydrogen (secondary N) is 1. The lowest BCUT2D eigenvalue weighted by Gasteiger charge is -2.38. The quantitative estimate of drug-likeness (QED) is 0.778. The minimum atomic E-state index is 0.411. The van der Waals surface area contributed by atoms with Crippen LogP contribution in [0.2, 0.25) is 0 Å². The van der Waals surface area contributed by atoms with Crippen LogP contribution in [0.1, 0.15) is 64.2 Å². The van der Waals surface area contributed by atoms with Crippen molar-refractivity contribution in [3.05, 3.63) is 0 Å². The van der Waals surface area contributed by atoms with E-state index in [0.29, 0.717) is 12.3 Å². The molecule has 5 unspecified atom stereocenters. The van der Waals surface area contributed by atoms with Crippen molar-refractivity contribution < 1.29 is 4.74 Å². The van der Waals surface area contributed by atoms with Gasteiger partial charge in [-0.1, -0.05) is 32.1 Å². The second-order valence-electron chi connectivity index (χ2n) is 7.49. The molecule has 2 heteroatoms. The lowest BCUT2D eigenvalue weighted by molar-refractivity contribution is -0.0233. The minimum absolute atomic E-state index is 0.411. The maximum atomic E-state index is 6.38. The molecule has 2 aliphatic heterocycles. The first kappa shape index (κ1) is 12.6. The van der Waals surface area contributed by atoms with Crippen LogP contribution in [0.25, 0.3) is 0 Å². The highest BCUT2D eigenvalue weighted by Crippen LogP contribution is 2.48. The molecule has 2 heterocycles. The van der Waals surface area contributed by atoms with E-state index in [4.69, 9.17) is 4.74 Å². The van der Waals surface area contributed by atoms with E-state index in [0.717, 1.165) is 23.7 Å². The Bertz CT molecular complexity index is 312. The minimum Gasteiger partial charge on any atom is -0.360 e. The van der Waals surface area contributed by atoms with Crippen LogP contribution in [-0.2, 0) is 4.74 Å². The molecule has 4 aliphatic rings. The number of fused-ring (bicyclic) bond motifs is 3. The normalized spacial score (nSPS) is 47.7. The van der Waals surface area contributed by atoms with Gasteiger partial charge in [-0.15, -0.1) is 0 Å². The number of ether oxygens (including phenoxy) is 1. The number of piperidine rings is 1. The monoisotopic (exact) mass is 263 g/mol. The van der Waals surface area contributed by atoms with Gasteiger partial charge in [0.25, 0.3) is 0 Å². The Hall–Kier alpha value is -0.0800. The lowest BCUT2D eigenvalue weighted by atomic mass is 9.67. The van der Waals surface area contributed by atoms with Gasteiger partial charge in [0.2, 0.25) is 0 Å². The fourth-order valence-electron chi connectivity index (χ4n) is 5.52. The average molecular weight is 263 g/mol. The molecule has 0 aromatic carbocycles. The first-order valence-corrected chi connectivity index (χ1v) is 8.80. The Morgan fingerprint density at radius 1 is 0.737 bits per heavy atom. The lowest BCUT2D eigenvalue weighted by Crippen LogP contribution is -2.40. The molecule has 4 rings (SSSR count). The molecule has 4 fully saturated rings. The maximum Gasteiger partial charge on any atom is 0.111 e. The first-order valence-electron chi connectivity index (χ1n) is 8.80. The van der Waals surface area contributed by atoms with E-state index in [1.807, 2.05) is 0 Å². The van der Waals surface area contributed by atoms with Crippen LogP contribution >= 0.6 is 0 Å². The predicted molar refractivity (Wildman–Crippen MR) is 76.8 cm³/mol. The van der Waals surface area contributed by atoms with Gasteiger partial charge in [0, 0.05) is 5.92 Å². The van der Waals surface area contributed by atoms with E-state index in [-0.39, 0.29) is 0 Å². The van der Waals surface area contributed by atoms with Crippen molar-refractivity contribution in [3.8, 4) is 0 Å². The summed E-state index contributed by atoms with van der Waals surface area (Å²) in [6.45, 7) is 1.17. The Morgan fingerprint density at radius 2 is 1.63 bits per heavy atom. The Kier molecular flexibility index (Phi) is 3.57. The van der Waals surface area contributed by atoms with Crippen LogP contribution in [0.5, 0.6) is 0 Å². The molecule has 0 bridgehead atoms. The molecule has 2 saturated carbocycles. The van der Waals surface area contributed by atoms with Crippen LogP contribution in [-0.4, -0.2) is 18.9 Å². The van der Waals surface area contributed by atoms with E-state index in [1.165, 1.54) is 70.8 Å². The third-order valence-corrected chi connectivity index (χ3v) is 6.52. The van der Waals surface area contributed by atoms with Gasteiger partial charge < -0.3 is 4.74 Å². The summed E-state index contributed by atoms with van der Waals surface area (Å²) < 4.78 is 6.38. The fraction of sp³-hybridized carbons (Fsp3) is 1.00. The van der Waals surface area contributed by atoms with Gasteiger partial charge >= 0.3 is 0 Å². The molecule has 0 aromatic rings. The molecule has 1 N–H and O–H groups in total. The zero-order chi connectivity index (χ0) is 12.7. The zero-order valence-electron chi connectivity index (χ0n) is 12.2. The molecule has 19 heavy (non-hydrogen) atoms. The van der Waals surface area contributed by atoms with Crippen molar-refractivity contribution in [2.75, 3.05) is 6.54 Å². The summed E-state index contributed by atoms with van der Waals surface area (Å²) in [5.41, 5.74) is 0. The average Bonchev–Trinajstić information content (AvgIpc) is 2.86. The van der Waals surface area contributed by atoms with Crippen LogP contribution in [0, 0.1) is 23.7 Å². The first-order chi connectivity index (χ1) is 9.42. The predicted octanol–water partition coefficient (Wildman–Crippen LogP) is 3.71. The molecule has 108 valence electrons. The standard InChI is InChI=1S/C17H29NO/c1-2-5-12(6-3-1)13-8-9-14-15-7-4-10-18-17(15)19-16(14)11-13/h12-18H,1-11H2. The molecule has 2 saturated heterocycles. The topological polar surface area (TPSA) is 21.3 Å². The molecular weight excluding hydrogens is 234 g/mol. The third-order valence-electron chi connectivity index (χ3n) is 6.52. The summed E-state index contributed by atoms with van der Waals surface area (Å²) >= 11 is 0. The molecule has 0 aromatic heterocycles. The van der Waals surface area contributed by atoms with E-state index >= 15 is 0 Å².